The summed E-state index contributed by atoms with van der Waals surface area (Å²) in [6.45, 7) is 0.939. The van der Waals surface area contributed by atoms with E-state index in [0.29, 0.717) is 0 Å². The van der Waals surface area contributed by atoms with Gasteiger partial charge in [-0.2, -0.15) is 0 Å². The van der Waals surface area contributed by atoms with Gasteiger partial charge in [-0.25, -0.2) is 0 Å². The molecule has 0 heterocycles. The molecule has 88 valence electrons. The molecule has 1 aromatic carbocycles. The normalized spacial score (nSPS) is 16.2. The van der Waals surface area contributed by atoms with Crippen LogP contribution in [0.1, 0.15) is 24.8 Å². The molecule has 0 radical (unpaired) electrons. The fourth-order valence-corrected chi connectivity index (χ4v) is 2.12. The Morgan fingerprint density at radius 1 is 1.44 bits per heavy atom. The maximum Gasteiger partial charge on any atom is 0.125 e. The lowest BCUT2D eigenvalue weighted by molar-refractivity contribution is 0.151. The Hall–Kier alpha value is -1.22. The molecule has 3 nitrogen and oxygen atoms in total. The molecular formula is C13H20N2O. The van der Waals surface area contributed by atoms with Gasteiger partial charge in [0.2, 0.25) is 0 Å². The highest BCUT2D eigenvalue weighted by Gasteiger charge is 2.22. The number of hydrogen-bond acceptors (Lipinski definition) is 3. The molecule has 0 spiro atoms. The zero-order valence-corrected chi connectivity index (χ0v) is 10.1. The molecule has 16 heavy (non-hydrogen) atoms. The quantitative estimate of drug-likeness (QED) is 0.791. The van der Waals surface area contributed by atoms with Crippen LogP contribution in [-0.2, 0) is 6.54 Å². The molecule has 0 aliphatic heterocycles. The first-order valence-electron chi connectivity index (χ1n) is 5.83. The zero-order valence-electron chi connectivity index (χ0n) is 10.1. The van der Waals surface area contributed by atoms with Crippen LogP contribution in [0.15, 0.2) is 18.2 Å². The van der Waals surface area contributed by atoms with E-state index in [2.05, 4.69) is 18.0 Å². The van der Waals surface area contributed by atoms with Gasteiger partial charge in [-0.3, -0.25) is 4.90 Å². The molecule has 0 unspecified atom stereocenters. The molecule has 1 aliphatic carbocycles. The SMILES string of the molecule is COc1cc(N)ccc1CN(C)C1CCC1. The van der Waals surface area contributed by atoms with Crippen LogP contribution < -0.4 is 10.5 Å². The molecule has 1 fully saturated rings. The Kier molecular flexibility index (Phi) is 3.34. The van der Waals surface area contributed by atoms with Crippen molar-refractivity contribution in [2.75, 3.05) is 19.9 Å². The first-order chi connectivity index (χ1) is 7.70. The number of nitrogens with two attached hydrogens (primary N) is 1. The maximum atomic E-state index is 5.74. The Labute approximate surface area is 97.2 Å². The second-order valence-corrected chi connectivity index (χ2v) is 4.57. The Bertz CT molecular complexity index is 361. The predicted molar refractivity (Wildman–Crippen MR) is 66.5 cm³/mol. The second kappa shape index (κ2) is 4.74. The van der Waals surface area contributed by atoms with Gasteiger partial charge in [0.1, 0.15) is 5.75 Å². The number of anilines is 1. The number of ether oxygens (including phenoxy) is 1. The summed E-state index contributed by atoms with van der Waals surface area (Å²) in [6, 6.07) is 6.64. The van der Waals surface area contributed by atoms with Gasteiger partial charge in [-0.15, -0.1) is 0 Å². The van der Waals surface area contributed by atoms with Gasteiger partial charge < -0.3 is 10.5 Å². The van der Waals surface area contributed by atoms with Gasteiger partial charge in [0.15, 0.2) is 0 Å². The van der Waals surface area contributed by atoms with Crippen LogP contribution >= 0.6 is 0 Å². The summed E-state index contributed by atoms with van der Waals surface area (Å²) in [5.41, 5.74) is 7.71. The highest BCUT2D eigenvalue weighted by Crippen LogP contribution is 2.28. The molecule has 0 atom stereocenters. The first kappa shape index (κ1) is 11.3. The summed E-state index contributed by atoms with van der Waals surface area (Å²) in [5, 5.41) is 0. The topological polar surface area (TPSA) is 38.5 Å². The molecule has 1 aromatic rings. The first-order valence-corrected chi connectivity index (χ1v) is 5.83. The van der Waals surface area contributed by atoms with E-state index < -0.39 is 0 Å². The molecule has 2 rings (SSSR count). The van der Waals surface area contributed by atoms with Crippen LogP contribution in [0.2, 0.25) is 0 Å². The van der Waals surface area contributed by atoms with Crippen molar-refractivity contribution in [3.8, 4) is 5.75 Å². The minimum Gasteiger partial charge on any atom is -0.496 e. The summed E-state index contributed by atoms with van der Waals surface area (Å²) < 4.78 is 5.35. The van der Waals surface area contributed by atoms with Crippen molar-refractivity contribution in [1.29, 1.82) is 0 Å². The third-order valence-corrected chi connectivity index (χ3v) is 3.43. The molecule has 0 bridgehead atoms. The molecule has 1 aliphatic rings. The van der Waals surface area contributed by atoms with Gasteiger partial charge in [0, 0.05) is 29.9 Å². The van der Waals surface area contributed by atoms with Crippen LogP contribution in [0.3, 0.4) is 0 Å². The standard InChI is InChI=1S/C13H20N2O/c1-15(12-4-3-5-12)9-10-6-7-11(14)8-13(10)16-2/h6-8,12H,3-5,9,14H2,1-2H3. The van der Waals surface area contributed by atoms with E-state index >= 15 is 0 Å². The van der Waals surface area contributed by atoms with E-state index in [9.17, 15) is 0 Å². The van der Waals surface area contributed by atoms with E-state index in [0.717, 1.165) is 24.0 Å². The number of rotatable bonds is 4. The van der Waals surface area contributed by atoms with Gasteiger partial charge in [-0.1, -0.05) is 12.5 Å². The van der Waals surface area contributed by atoms with E-state index in [1.807, 2.05) is 12.1 Å². The summed E-state index contributed by atoms with van der Waals surface area (Å²) in [6.07, 6.45) is 4.02. The van der Waals surface area contributed by atoms with Gasteiger partial charge in [-0.05, 0) is 26.0 Å². The highest BCUT2D eigenvalue weighted by molar-refractivity contribution is 5.48. The largest absolute Gasteiger partial charge is 0.496 e. The number of nitrogen functional groups attached to an aromatic ring is 1. The summed E-state index contributed by atoms with van der Waals surface area (Å²) in [5.74, 6) is 0.895. The van der Waals surface area contributed by atoms with Crippen LogP contribution in [0.25, 0.3) is 0 Å². The average molecular weight is 220 g/mol. The second-order valence-electron chi connectivity index (χ2n) is 4.57. The van der Waals surface area contributed by atoms with Gasteiger partial charge in [0.25, 0.3) is 0 Å². The zero-order chi connectivity index (χ0) is 11.5. The van der Waals surface area contributed by atoms with Crippen molar-refractivity contribution >= 4 is 5.69 Å². The van der Waals surface area contributed by atoms with Crippen molar-refractivity contribution < 1.29 is 4.74 Å². The average Bonchev–Trinajstić information content (AvgIpc) is 2.18. The number of hydrogen-bond donors (Lipinski definition) is 1. The predicted octanol–water partition coefficient (Wildman–Crippen LogP) is 2.26. The van der Waals surface area contributed by atoms with Crippen LogP contribution in [-0.4, -0.2) is 25.1 Å². The lowest BCUT2D eigenvalue weighted by Crippen LogP contribution is -2.36. The highest BCUT2D eigenvalue weighted by atomic mass is 16.5. The third-order valence-electron chi connectivity index (χ3n) is 3.43. The van der Waals surface area contributed by atoms with Crippen molar-refractivity contribution in [2.24, 2.45) is 0 Å². The van der Waals surface area contributed by atoms with Gasteiger partial charge >= 0.3 is 0 Å². The summed E-state index contributed by atoms with van der Waals surface area (Å²) >= 11 is 0. The Morgan fingerprint density at radius 2 is 2.19 bits per heavy atom. The van der Waals surface area contributed by atoms with E-state index in [4.69, 9.17) is 10.5 Å². The minimum atomic E-state index is 0.752. The molecule has 2 N–H and O–H groups in total. The van der Waals surface area contributed by atoms with Gasteiger partial charge in [0.05, 0.1) is 7.11 Å². The van der Waals surface area contributed by atoms with E-state index in [1.165, 1.54) is 24.8 Å². The van der Waals surface area contributed by atoms with E-state index in [-0.39, 0.29) is 0 Å². The lowest BCUT2D eigenvalue weighted by Gasteiger charge is -2.35. The lowest BCUT2D eigenvalue weighted by atomic mass is 9.91. The van der Waals surface area contributed by atoms with Crippen molar-refractivity contribution in [3.05, 3.63) is 23.8 Å². The fraction of sp³-hybridized carbons (Fsp3) is 0.538. The molecule has 3 heteroatoms. The van der Waals surface area contributed by atoms with Crippen molar-refractivity contribution in [1.82, 2.24) is 4.90 Å². The minimum absolute atomic E-state index is 0.752. The Balaban J connectivity index is 2.07. The molecular weight excluding hydrogens is 200 g/mol. The van der Waals surface area contributed by atoms with E-state index in [1.54, 1.807) is 7.11 Å². The number of methoxy groups -OCH3 is 1. The maximum absolute atomic E-state index is 5.74. The smallest absolute Gasteiger partial charge is 0.125 e. The monoisotopic (exact) mass is 220 g/mol. The Morgan fingerprint density at radius 3 is 2.75 bits per heavy atom. The molecule has 0 amide bonds. The fourth-order valence-electron chi connectivity index (χ4n) is 2.12. The van der Waals surface area contributed by atoms with Crippen LogP contribution in [0, 0.1) is 0 Å². The molecule has 0 saturated heterocycles. The van der Waals surface area contributed by atoms with Crippen LogP contribution in [0.4, 0.5) is 5.69 Å². The molecule has 1 saturated carbocycles. The van der Waals surface area contributed by atoms with Crippen molar-refractivity contribution in [3.63, 3.8) is 0 Å². The number of benzene rings is 1. The van der Waals surface area contributed by atoms with Crippen molar-refractivity contribution in [2.45, 2.75) is 31.8 Å². The van der Waals surface area contributed by atoms with Crippen LogP contribution in [0.5, 0.6) is 5.75 Å². The summed E-state index contributed by atoms with van der Waals surface area (Å²) in [7, 11) is 3.88. The summed E-state index contributed by atoms with van der Waals surface area (Å²) in [4.78, 5) is 2.40. The molecule has 0 aromatic heterocycles. The third kappa shape index (κ3) is 2.30. The number of nitrogens with zero attached hydrogens (tertiary/aromatic N) is 1.